The molecule has 1 N–H and O–H groups in total. The molecule has 22 heavy (non-hydrogen) atoms. The van der Waals surface area contributed by atoms with Gasteiger partial charge in [0, 0.05) is 32.1 Å². The van der Waals surface area contributed by atoms with E-state index in [1.54, 1.807) is 23.1 Å². The van der Waals surface area contributed by atoms with Gasteiger partial charge < -0.3 is 14.9 Å². The number of hydrogen-bond donors (Lipinski definition) is 1. The van der Waals surface area contributed by atoms with Crippen molar-refractivity contribution >= 4 is 11.8 Å². The Balaban J connectivity index is 1.96. The van der Waals surface area contributed by atoms with E-state index in [-0.39, 0.29) is 23.5 Å². The number of aromatic hydroxyl groups is 1. The van der Waals surface area contributed by atoms with Crippen molar-refractivity contribution in [2.45, 2.75) is 26.7 Å². The third kappa shape index (κ3) is 3.40. The molecule has 0 atom stereocenters. The van der Waals surface area contributed by atoms with E-state index in [2.05, 4.69) is 0 Å². The van der Waals surface area contributed by atoms with Gasteiger partial charge >= 0.3 is 0 Å². The van der Waals surface area contributed by atoms with Crippen LogP contribution in [0.4, 0.5) is 0 Å². The number of amides is 2. The second kappa shape index (κ2) is 7.29. The third-order valence-electron chi connectivity index (χ3n) is 4.35. The van der Waals surface area contributed by atoms with Crippen LogP contribution < -0.4 is 0 Å². The van der Waals surface area contributed by atoms with Crippen LogP contribution >= 0.6 is 0 Å². The maximum absolute atomic E-state index is 12.4. The molecule has 0 spiro atoms. The summed E-state index contributed by atoms with van der Waals surface area (Å²) in [6, 6.07) is 6.57. The molecule has 1 aromatic rings. The molecule has 1 fully saturated rings. The van der Waals surface area contributed by atoms with Gasteiger partial charge in [-0.2, -0.15) is 0 Å². The van der Waals surface area contributed by atoms with Crippen LogP contribution in [-0.2, 0) is 4.79 Å². The van der Waals surface area contributed by atoms with Crippen molar-refractivity contribution in [3.05, 3.63) is 29.8 Å². The first kappa shape index (κ1) is 16.3. The van der Waals surface area contributed by atoms with Crippen LogP contribution in [0, 0.1) is 5.92 Å². The quantitative estimate of drug-likeness (QED) is 0.927. The van der Waals surface area contributed by atoms with Gasteiger partial charge in [-0.1, -0.05) is 26.0 Å². The zero-order valence-corrected chi connectivity index (χ0v) is 13.3. The minimum absolute atomic E-state index is 0.00281. The van der Waals surface area contributed by atoms with E-state index in [4.69, 9.17) is 0 Å². The van der Waals surface area contributed by atoms with Crippen molar-refractivity contribution in [1.29, 1.82) is 0 Å². The Bertz CT molecular complexity index is 532. The van der Waals surface area contributed by atoms with Crippen molar-refractivity contribution in [2.75, 3.05) is 26.2 Å². The Kier molecular flexibility index (Phi) is 5.41. The van der Waals surface area contributed by atoms with Crippen LogP contribution in [0.5, 0.6) is 5.75 Å². The first-order chi connectivity index (χ1) is 10.6. The number of carbonyl (C=O) groups excluding carboxylic acids is 2. The second-order valence-corrected chi connectivity index (χ2v) is 5.65. The second-order valence-electron chi connectivity index (χ2n) is 5.65. The van der Waals surface area contributed by atoms with Crippen LogP contribution in [0.1, 0.15) is 37.0 Å². The predicted molar refractivity (Wildman–Crippen MR) is 84.7 cm³/mol. The zero-order chi connectivity index (χ0) is 16.1. The lowest BCUT2D eigenvalue weighted by Crippen LogP contribution is -2.51. The zero-order valence-electron chi connectivity index (χ0n) is 13.3. The number of para-hydroxylation sites is 1. The van der Waals surface area contributed by atoms with E-state index in [1.807, 2.05) is 18.7 Å². The molecule has 0 aliphatic carbocycles. The number of hydrogen-bond acceptors (Lipinski definition) is 3. The van der Waals surface area contributed by atoms with Crippen molar-refractivity contribution in [2.24, 2.45) is 5.92 Å². The van der Waals surface area contributed by atoms with Gasteiger partial charge in [0.1, 0.15) is 5.75 Å². The number of phenolic OH excluding ortho intramolecular Hbond substituents is 1. The Labute approximate surface area is 131 Å². The Morgan fingerprint density at radius 3 is 2.14 bits per heavy atom. The van der Waals surface area contributed by atoms with Crippen LogP contribution in [0.2, 0.25) is 0 Å². The first-order valence-corrected chi connectivity index (χ1v) is 7.94. The van der Waals surface area contributed by atoms with Crippen molar-refractivity contribution in [1.82, 2.24) is 9.80 Å². The minimum atomic E-state index is -0.173. The molecular formula is C17H24N2O3. The van der Waals surface area contributed by atoms with Gasteiger partial charge in [-0.3, -0.25) is 9.59 Å². The lowest BCUT2D eigenvalue weighted by molar-refractivity contribution is -0.137. The molecule has 0 unspecified atom stereocenters. The smallest absolute Gasteiger partial charge is 0.257 e. The summed E-state index contributed by atoms with van der Waals surface area (Å²) < 4.78 is 0. The van der Waals surface area contributed by atoms with E-state index >= 15 is 0 Å². The van der Waals surface area contributed by atoms with E-state index in [0.717, 1.165) is 12.8 Å². The number of carbonyl (C=O) groups is 2. The van der Waals surface area contributed by atoms with Crippen LogP contribution in [0.15, 0.2) is 24.3 Å². The van der Waals surface area contributed by atoms with Gasteiger partial charge in [0.15, 0.2) is 0 Å². The number of nitrogens with zero attached hydrogens (tertiary/aromatic N) is 2. The summed E-state index contributed by atoms with van der Waals surface area (Å²) in [6.07, 6.45) is 1.71. The lowest BCUT2D eigenvalue weighted by atomic mass is 10.0. The maximum atomic E-state index is 12.4. The molecule has 0 bridgehead atoms. The summed E-state index contributed by atoms with van der Waals surface area (Å²) in [5.41, 5.74) is 0.322. The molecule has 5 heteroatoms. The van der Waals surface area contributed by atoms with Gasteiger partial charge in [0.05, 0.1) is 5.56 Å². The van der Waals surface area contributed by atoms with Crippen molar-refractivity contribution in [3.8, 4) is 5.75 Å². The summed E-state index contributed by atoms with van der Waals surface area (Å²) in [5.74, 6) is 0.107. The summed E-state index contributed by atoms with van der Waals surface area (Å²) in [6.45, 7) is 6.22. The predicted octanol–water partition coefficient (Wildman–Crippen LogP) is 2.11. The maximum Gasteiger partial charge on any atom is 0.257 e. The van der Waals surface area contributed by atoms with E-state index in [1.165, 1.54) is 6.07 Å². The molecule has 5 nitrogen and oxygen atoms in total. The van der Waals surface area contributed by atoms with Gasteiger partial charge in [0.2, 0.25) is 5.91 Å². The molecule has 1 aromatic carbocycles. The fourth-order valence-corrected chi connectivity index (χ4v) is 2.85. The topological polar surface area (TPSA) is 60.9 Å². The number of benzene rings is 1. The first-order valence-electron chi connectivity index (χ1n) is 7.94. The van der Waals surface area contributed by atoms with Crippen LogP contribution in [0.3, 0.4) is 0 Å². The molecule has 0 saturated carbocycles. The fraction of sp³-hybridized carbons (Fsp3) is 0.529. The monoisotopic (exact) mass is 304 g/mol. The molecular weight excluding hydrogens is 280 g/mol. The van der Waals surface area contributed by atoms with E-state index in [9.17, 15) is 14.7 Å². The highest BCUT2D eigenvalue weighted by atomic mass is 16.3. The number of rotatable bonds is 4. The minimum Gasteiger partial charge on any atom is -0.507 e. The Hall–Kier alpha value is -2.04. The molecule has 1 aliphatic rings. The Morgan fingerprint density at radius 1 is 1.05 bits per heavy atom. The van der Waals surface area contributed by atoms with Gasteiger partial charge in [-0.15, -0.1) is 0 Å². The summed E-state index contributed by atoms with van der Waals surface area (Å²) >= 11 is 0. The summed E-state index contributed by atoms with van der Waals surface area (Å²) in [7, 11) is 0. The lowest BCUT2D eigenvalue weighted by Gasteiger charge is -2.36. The highest BCUT2D eigenvalue weighted by Gasteiger charge is 2.28. The molecule has 1 heterocycles. The SMILES string of the molecule is CCC(CC)C(=O)N1CCN(C(=O)c2ccccc2O)CC1. The molecule has 2 rings (SSSR count). The molecule has 120 valence electrons. The molecule has 2 amide bonds. The highest BCUT2D eigenvalue weighted by molar-refractivity contribution is 5.97. The van der Waals surface area contributed by atoms with Crippen molar-refractivity contribution in [3.63, 3.8) is 0 Å². The fourth-order valence-electron chi connectivity index (χ4n) is 2.85. The molecule has 0 radical (unpaired) electrons. The number of piperazine rings is 1. The van der Waals surface area contributed by atoms with Gasteiger partial charge in [-0.05, 0) is 25.0 Å². The van der Waals surface area contributed by atoms with Gasteiger partial charge in [0.25, 0.3) is 5.91 Å². The highest BCUT2D eigenvalue weighted by Crippen LogP contribution is 2.19. The number of phenols is 1. The van der Waals surface area contributed by atoms with Crippen molar-refractivity contribution < 1.29 is 14.7 Å². The molecule has 0 aromatic heterocycles. The van der Waals surface area contributed by atoms with Gasteiger partial charge in [-0.25, -0.2) is 0 Å². The van der Waals surface area contributed by atoms with E-state index in [0.29, 0.717) is 31.7 Å². The summed E-state index contributed by atoms with van der Waals surface area (Å²) in [5, 5.41) is 9.78. The largest absolute Gasteiger partial charge is 0.507 e. The molecule has 1 aliphatic heterocycles. The average Bonchev–Trinajstić information content (AvgIpc) is 2.56. The normalized spacial score (nSPS) is 15.2. The van der Waals surface area contributed by atoms with Crippen LogP contribution in [-0.4, -0.2) is 52.9 Å². The standard InChI is InChI=1S/C17H24N2O3/c1-3-13(4-2)16(21)18-9-11-19(12-10-18)17(22)14-7-5-6-8-15(14)20/h5-8,13,20H,3-4,9-12H2,1-2H3. The molecule has 1 saturated heterocycles. The average molecular weight is 304 g/mol. The van der Waals surface area contributed by atoms with Crippen LogP contribution in [0.25, 0.3) is 0 Å². The summed E-state index contributed by atoms with van der Waals surface area (Å²) in [4.78, 5) is 28.3. The van der Waals surface area contributed by atoms with E-state index < -0.39 is 0 Å². The third-order valence-corrected chi connectivity index (χ3v) is 4.35. The Morgan fingerprint density at radius 2 is 1.59 bits per heavy atom.